The molecule has 0 aliphatic heterocycles. The lowest BCUT2D eigenvalue weighted by Crippen LogP contribution is -2.44. The van der Waals surface area contributed by atoms with Gasteiger partial charge in [0.1, 0.15) is 5.75 Å². The van der Waals surface area contributed by atoms with Gasteiger partial charge in [-0.3, -0.25) is 25.2 Å². The molecule has 0 saturated carbocycles. The van der Waals surface area contributed by atoms with Crippen molar-refractivity contribution in [2.24, 2.45) is 7.05 Å². The number of fused-ring (bicyclic) bond motifs is 1. The third kappa shape index (κ3) is 4.47. The lowest BCUT2D eigenvalue weighted by atomic mass is 10.1. The number of ether oxygens (including phenoxy) is 1. The van der Waals surface area contributed by atoms with Crippen LogP contribution in [0.2, 0.25) is 5.02 Å². The van der Waals surface area contributed by atoms with E-state index >= 15 is 0 Å². The summed E-state index contributed by atoms with van der Waals surface area (Å²) in [5, 5.41) is 5.59. The fourth-order valence-electron chi connectivity index (χ4n) is 2.58. The minimum Gasteiger partial charge on any atom is -0.482 e. The standard InChI is InChI=1S/C19H17ClN4O4/c1-24-19(27)13-7-3-2-6-12(13)15(23-24)10-17(25)21-22-18(26)11-28-16-9-5-4-8-14(16)20/h2-9H,10-11H2,1H3,(H,21,25)(H,22,26). The van der Waals surface area contributed by atoms with E-state index < -0.39 is 11.8 Å². The van der Waals surface area contributed by atoms with Gasteiger partial charge in [0.15, 0.2) is 6.61 Å². The molecular weight excluding hydrogens is 384 g/mol. The molecule has 0 fully saturated rings. The van der Waals surface area contributed by atoms with Crippen LogP contribution in [0.5, 0.6) is 5.75 Å². The average Bonchev–Trinajstić information content (AvgIpc) is 2.69. The van der Waals surface area contributed by atoms with E-state index in [1.807, 2.05) is 0 Å². The molecule has 3 rings (SSSR count). The lowest BCUT2D eigenvalue weighted by Gasteiger charge is -2.11. The molecule has 2 N–H and O–H groups in total. The molecular formula is C19H17ClN4O4. The molecule has 0 spiro atoms. The van der Waals surface area contributed by atoms with E-state index in [2.05, 4.69) is 16.0 Å². The molecule has 9 heteroatoms. The number of hydrazine groups is 1. The van der Waals surface area contributed by atoms with E-state index in [1.165, 1.54) is 11.7 Å². The van der Waals surface area contributed by atoms with Crippen molar-refractivity contribution >= 4 is 34.2 Å². The van der Waals surface area contributed by atoms with Gasteiger partial charge in [-0.15, -0.1) is 0 Å². The highest BCUT2D eigenvalue weighted by molar-refractivity contribution is 6.32. The zero-order valence-corrected chi connectivity index (χ0v) is 15.7. The minimum absolute atomic E-state index is 0.111. The largest absolute Gasteiger partial charge is 0.482 e. The molecule has 144 valence electrons. The van der Waals surface area contributed by atoms with E-state index in [-0.39, 0.29) is 18.6 Å². The van der Waals surface area contributed by atoms with Gasteiger partial charge in [-0.05, 0) is 18.2 Å². The Kier molecular flexibility index (Phi) is 5.90. The topological polar surface area (TPSA) is 102 Å². The fraction of sp³-hybridized carbons (Fsp3) is 0.158. The van der Waals surface area contributed by atoms with Gasteiger partial charge >= 0.3 is 0 Å². The number of aromatic nitrogens is 2. The van der Waals surface area contributed by atoms with Crippen LogP contribution in [0.1, 0.15) is 5.69 Å². The van der Waals surface area contributed by atoms with Crippen LogP contribution in [0.15, 0.2) is 53.3 Å². The molecule has 3 aromatic rings. The maximum absolute atomic E-state index is 12.2. The zero-order chi connectivity index (χ0) is 20.1. The van der Waals surface area contributed by atoms with Gasteiger partial charge in [0.2, 0.25) is 5.91 Å². The van der Waals surface area contributed by atoms with Crippen LogP contribution in [-0.2, 0) is 23.1 Å². The van der Waals surface area contributed by atoms with Crippen LogP contribution in [0.4, 0.5) is 0 Å². The molecule has 28 heavy (non-hydrogen) atoms. The monoisotopic (exact) mass is 400 g/mol. The van der Waals surface area contributed by atoms with E-state index in [4.69, 9.17) is 16.3 Å². The molecule has 2 aromatic carbocycles. The molecule has 0 atom stereocenters. The van der Waals surface area contributed by atoms with Gasteiger partial charge < -0.3 is 4.74 Å². The quantitative estimate of drug-likeness (QED) is 0.629. The molecule has 0 aliphatic carbocycles. The number of hydrogen-bond donors (Lipinski definition) is 2. The van der Waals surface area contributed by atoms with E-state index in [0.29, 0.717) is 27.2 Å². The number of amides is 2. The Balaban J connectivity index is 1.58. The second-order valence-electron chi connectivity index (χ2n) is 5.91. The Hall–Kier alpha value is -3.39. The molecule has 0 saturated heterocycles. The predicted molar refractivity (Wildman–Crippen MR) is 104 cm³/mol. The van der Waals surface area contributed by atoms with E-state index in [9.17, 15) is 14.4 Å². The average molecular weight is 401 g/mol. The molecule has 1 heterocycles. The molecule has 0 radical (unpaired) electrons. The Bertz CT molecular complexity index is 1100. The Morgan fingerprint density at radius 1 is 1.04 bits per heavy atom. The van der Waals surface area contributed by atoms with Gasteiger partial charge in [0.25, 0.3) is 11.5 Å². The number of nitrogens with one attached hydrogen (secondary N) is 2. The van der Waals surface area contributed by atoms with Crippen molar-refractivity contribution in [3.05, 3.63) is 69.6 Å². The van der Waals surface area contributed by atoms with Gasteiger partial charge in [0.05, 0.1) is 22.5 Å². The second-order valence-corrected chi connectivity index (χ2v) is 6.32. The SMILES string of the molecule is Cn1nc(CC(=O)NNC(=O)COc2ccccc2Cl)c2ccccc2c1=O. The first-order valence-electron chi connectivity index (χ1n) is 8.35. The van der Waals surface area contributed by atoms with Crippen LogP contribution in [0, 0.1) is 0 Å². The van der Waals surface area contributed by atoms with Crippen molar-refractivity contribution in [2.75, 3.05) is 6.61 Å². The number of hydrogen-bond acceptors (Lipinski definition) is 5. The lowest BCUT2D eigenvalue weighted by molar-refractivity contribution is -0.129. The van der Waals surface area contributed by atoms with Gasteiger partial charge in [-0.1, -0.05) is 41.9 Å². The normalized spacial score (nSPS) is 10.5. The number of benzene rings is 2. The summed E-state index contributed by atoms with van der Waals surface area (Å²) in [5.41, 5.74) is 4.75. The minimum atomic E-state index is -0.549. The Labute approximate surface area is 165 Å². The smallest absolute Gasteiger partial charge is 0.276 e. The number of halogens is 1. The van der Waals surface area contributed by atoms with Crippen LogP contribution >= 0.6 is 11.6 Å². The van der Waals surface area contributed by atoms with Crippen molar-refractivity contribution in [1.29, 1.82) is 0 Å². The summed E-state index contributed by atoms with van der Waals surface area (Å²) in [6, 6.07) is 13.6. The van der Waals surface area contributed by atoms with Crippen molar-refractivity contribution in [2.45, 2.75) is 6.42 Å². The van der Waals surface area contributed by atoms with Crippen molar-refractivity contribution in [3.63, 3.8) is 0 Å². The van der Waals surface area contributed by atoms with Gasteiger partial charge in [-0.2, -0.15) is 5.10 Å². The summed E-state index contributed by atoms with van der Waals surface area (Å²) in [7, 11) is 1.52. The highest BCUT2D eigenvalue weighted by atomic mass is 35.5. The number of aryl methyl sites for hydroxylation is 1. The number of rotatable bonds is 5. The van der Waals surface area contributed by atoms with E-state index in [0.717, 1.165) is 0 Å². The summed E-state index contributed by atoms with van der Waals surface area (Å²) in [6.07, 6.45) is -0.111. The number of nitrogens with zero attached hydrogens (tertiary/aromatic N) is 2. The summed E-state index contributed by atoms with van der Waals surface area (Å²) >= 11 is 5.94. The molecule has 8 nitrogen and oxygen atoms in total. The first-order valence-corrected chi connectivity index (χ1v) is 8.73. The predicted octanol–water partition coefficient (Wildman–Crippen LogP) is 1.36. The number of para-hydroxylation sites is 1. The first kappa shape index (κ1) is 19.4. The summed E-state index contributed by atoms with van der Waals surface area (Å²) < 4.78 is 6.47. The van der Waals surface area contributed by atoms with E-state index in [1.54, 1.807) is 48.5 Å². The highest BCUT2D eigenvalue weighted by Crippen LogP contribution is 2.22. The maximum atomic E-state index is 12.2. The fourth-order valence-corrected chi connectivity index (χ4v) is 2.77. The third-order valence-corrected chi connectivity index (χ3v) is 4.21. The molecule has 0 bridgehead atoms. The summed E-state index contributed by atoms with van der Waals surface area (Å²) in [6.45, 7) is -0.314. The summed E-state index contributed by atoms with van der Waals surface area (Å²) in [5.74, 6) is -0.666. The molecule has 0 unspecified atom stereocenters. The zero-order valence-electron chi connectivity index (χ0n) is 14.9. The van der Waals surface area contributed by atoms with Crippen LogP contribution in [-0.4, -0.2) is 28.2 Å². The maximum Gasteiger partial charge on any atom is 0.276 e. The number of carbonyl (C=O) groups is 2. The molecule has 2 amide bonds. The number of carbonyl (C=O) groups excluding carboxylic acids is 2. The summed E-state index contributed by atoms with van der Waals surface area (Å²) in [4.78, 5) is 36.1. The van der Waals surface area contributed by atoms with Crippen molar-refractivity contribution in [3.8, 4) is 5.75 Å². The first-order chi connectivity index (χ1) is 13.5. The Morgan fingerprint density at radius 3 is 2.43 bits per heavy atom. The molecule has 1 aromatic heterocycles. The second kappa shape index (κ2) is 8.53. The van der Waals surface area contributed by atoms with Crippen molar-refractivity contribution < 1.29 is 14.3 Å². The van der Waals surface area contributed by atoms with Crippen LogP contribution in [0.3, 0.4) is 0 Å². The third-order valence-electron chi connectivity index (χ3n) is 3.90. The highest BCUT2D eigenvalue weighted by Gasteiger charge is 2.13. The Morgan fingerprint density at radius 2 is 1.68 bits per heavy atom. The van der Waals surface area contributed by atoms with Crippen LogP contribution in [0.25, 0.3) is 10.8 Å². The van der Waals surface area contributed by atoms with Gasteiger partial charge in [-0.25, -0.2) is 4.68 Å². The van der Waals surface area contributed by atoms with Gasteiger partial charge in [0, 0.05) is 12.4 Å². The molecule has 0 aliphatic rings. The van der Waals surface area contributed by atoms with Crippen LogP contribution < -0.4 is 21.1 Å². The van der Waals surface area contributed by atoms with Crippen molar-refractivity contribution in [1.82, 2.24) is 20.6 Å².